The number of carbonyl (C=O) groups is 1. The molecule has 0 saturated heterocycles. The first-order valence-corrected chi connectivity index (χ1v) is 3.23. The molecule has 1 aromatic rings. The molecular formula is C7H7CaClO3. The van der Waals surface area contributed by atoms with Crippen LogP contribution in [0.15, 0.2) is 24.3 Å². The number of rotatable bonds is 1. The van der Waals surface area contributed by atoms with Crippen molar-refractivity contribution < 1.29 is 14.9 Å². The van der Waals surface area contributed by atoms with Gasteiger partial charge in [-0.3, -0.25) is 4.89 Å². The van der Waals surface area contributed by atoms with Crippen LogP contribution in [0.5, 0.6) is 0 Å². The third kappa shape index (κ3) is 3.29. The van der Waals surface area contributed by atoms with E-state index in [0.29, 0.717) is 5.02 Å². The van der Waals surface area contributed by atoms with Crippen molar-refractivity contribution in [2.75, 3.05) is 0 Å². The van der Waals surface area contributed by atoms with Crippen LogP contribution in [-0.4, -0.2) is 49.0 Å². The van der Waals surface area contributed by atoms with E-state index in [1.54, 1.807) is 12.1 Å². The first kappa shape index (κ1) is 12.2. The van der Waals surface area contributed by atoms with Crippen LogP contribution in [-0.2, 0) is 4.89 Å². The fourth-order valence-electron chi connectivity index (χ4n) is 0.668. The second-order valence-electron chi connectivity index (χ2n) is 1.89. The Hall–Kier alpha value is 0.200. The Bertz CT molecular complexity index is 277. The van der Waals surface area contributed by atoms with E-state index in [4.69, 9.17) is 16.9 Å². The molecule has 0 aliphatic carbocycles. The molecule has 3 nitrogen and oxygen atoms in total. The van der Waals surface area contributed by atoms with E-state index >= 15 is 0 Å². The minimum absolute atomic E-state index is 0. The molecule has 1 rings (SSSR count). The van der Waals surface area contributed by atoms with Crippen LogP contribution in [0.25, 0.3) is 0 Å². The summed E-state index contributed by atoms with van der Waals surface area (Å²) in [6.45, 7) is 0. The molecule has 62 valence electrons. The van der Waals surface area contributed by atoms with Crippen LogP contribution in [0.2, 0.25) is 5.02 Å². The molecule has 1 N–H and O–H groups in total. The monoisotopic (exact) mass is 214 g/mol. The van der Waals surface area contributed by atoms with E-state index in [9.17, 15) is 4.79 Å². The predicted octanol–water partition coefficient (Wildman–Crippen LogP) is 1.05. The number of hydrogen-bond acceptors (Lipinski definition) is 3. The molecule has 0 saturated carbocycles. The van der Waals surface area contributed by atoms with Gasteiger partial charge in [0.15, 0.2) is 0 Å². The molecule has 0 amide bonds. The summed E-state index contributed by atoms with van der Waals surface area (Å²) in [6, 6.07) is 6.11. The van der Waals surface area contributed by atoms with Crippen LogP contribution in [0.1, 0.15) is 10.4 Å². The van der Waals surface area contributed by atoms with Gasteiger partial charge in [0, 0.05) is 5.02 Å². The van der Waals surface area contributed by atoms with Gasteiger partial charge in [-0.25, -0.2) is 4.79 Å². The summed E-state index contributed by atoms with van der Waals surface area (Å²) in [4.78, 5) is 14.1. The number of carbonyl (C=O) groups excluding carboxylic acids is 1. The third-order valence-electron chi connectivity index (χ3n) is 1.14. The second kappa shape index (κ2) is 5.78. The maximum atomic E-state index is 10.6. The Labute approximate surface area is 104 Å². The standard InChI is InChI=1S/C7H5ClO3.Ca.2H/c8-6-3-1-2-5(4-6)7(9)11-10;;;/h1-4,10H;;;. The first-order valence-electron chi connectivity index (χ1n) is 2.85. The quantitative estimate of drug-likeness (QED) is 0.432. The molecule has 0 radical (unpaired) electrons. The molecule has 12 heavy (non-hydrogen) atoms. The Morgan fingerprint density at radius 3 is 2.67 bits per heavy atom. The number of benzene rings is 1. The molecule has 0 unspecified atom stereocenters. The van der Waals surface area contributed by atoms with E-state index in [2.05, 4.69) is 4.89 Å². The van der Waals surface area contributed by atoms with E-state index in [0.717, 1.165) is 0 Å². The van der Waals surface area contributed by atoms with Gasteiger partial charge in [-0.05, 0) is 18.2 Å². The van der Waals surface area contributed by atoms with Crippen molar-refractivity contribution in [1.29, 1.82) is 0 Å². The molecule has 0 bridgehead atoms. The summed E-state index contributed by atoms with van der Waals surface area (Å²) < 4.78 is 0. The topological polar surface area (TPSA) is 46.5 Å². The molecule has 0 fully saturated rings. The van der Waals surface area contributed by atoms with Crippen LogP contribution >= 0.6 is 11.6 Å². The zero-order valence-electron chi connectivity index (χ0n) is 5.45. The molecule has 0 atom stereocenters. The van der Waals surface area contributed by atoms with E-state index < -0.39 is 5.97 Å². The number of hydrogen-bond donors (Lipinski definition) is 1. The average molecular weight is 215 g/mol. The Morgan fingerprint density at radius 1 is 1.50 bits per heavy atom. The third-order valence-corrected chi connectivity index (χ3v) is 1.38. The molecule has 0 aliphatic rings. The van der Waals surface area contributed by atoms with E-state index in [-0.39, 0.29) is 43.3 Å². The Kier molecular flexibility index (Phi) is 5.87. The van der Waals surface area contributed by atoms with Crippen molar-refractivity contribution in [3.63, 3.8) is 0 Å². The molecule has 0 heterocycles. The molecular weight excluding hydrogens is 208 g/mol. The molecule has 0 spiro atoms. The average Bonchev–Trinajstić information content (AvgIpc) is 2.03. The summed E-state index contributed by atoms with van der Waals surface area (Å²) in [6.07, 6.45) is 0. The van der Waals surface area contributed by atoms with Crippen molar-refractivity contribution in [1.82, 2.24) is 0 Å². The summed E-state index contributed by atoms with van der Waals surface area (Å²) in [7, 11) is 0. The SMILES string of the molecule is O=C(OO)c1cccc(Cl)c1.[CaH2]. The summed E-state index contributed by atoms with van der Waals surface area (Å²) in [5, 5.41) is 8.41. The Morgan fingerprint density at radius 2 is 2.17 bits per heavy atom. The Balaban J connectivity index is 0.00000121. The van der Waals surface area contributed by atoms with Gasteiger partial charge in [-0.15, -0.1) is 0 Å². The fraction of sp³-hybridized carbons (Fsp3) is 0. The van der Waals surface area contributed by atoms with Gasteiger partial charge in [-0.1, -0.05) is 17.7 Å². The van der Waals surface area contributed by atoms with Gasteiger partial charge in [0.1, 0.15) is 0 Å². The van der Waals surface area contributed by atoms with Crippen molar-refractivity contribution >= 4 is 55.3 Å². The first-order chi connectivity index (χ1) is 5.24. The maximum absolute atomic E-state index is 10.6. The molecule has 5 heteroatoms. The molecule has 1 aromatic carbocycles. The normalized spacial score (nSPS) is 8.50. The fourth-order valence-corrected chi connectivity index (χ4v) is 0.858. The summed E-state index contributed by atoms with van der Waals surface area (Å²) >= 11 is 5.56. The van der Waals surface area contributed by atoms with E-state index in [1.165, 1.54) is 12.1 Å². The van der Waals surface area contributed by atoms with Crippen molar-refractivity contribution in [2.45, 2.75) is 0 Å². The van der Waals surface area contributed by atoms with Crippen LogP contribution in [0.4, 0.5) is 0 Å². The zero-order valence-corrected chi connectivity index (χ0v) is 6.21. The van der Waals surface area contributed by atoms with Gasteiger partial charge >= 0.3 is 43.7 Å². The molecule has 0 aliphatic heterocycles. The second-order valence-corrected chi connectivity index (χ2v) is 2.33. The van der Waals surface area contributed by atoms with Crippen molar-refractivity contribution in [3.05, 3.63) is 34.9 Å². The summed E-state index contributed by atoms with van der Waals surface area (Å²) in [5.74, 6) is -0.813. The summed E-state index contributed by atoms with van der Waals surface area (Å²) in [5.41, 5.74) is 0.222. The van der Waals surface area contributed by atoms with Gasteiger partial charge in [-0.2, -0.15) is 5.26 Å². The zero-order chi connectivity index (χ0) is 8.27. The van der Waals surface area contributed by atoms with Gasteiger partial charge in [0.25, 0.3) is 0 Å². The number of halogens is 1. The van der Waals surface area contributed by atoms with Crippen LogP contribution < -0.4 is 0 Å². The van der Waals surface area contributed by atoms with Gasteiger partial charge in [0.05, 0.1) is 5.56 Å². The van der Waals surface area contributed by atoms with Crippen molar-refractivity contribution in [3.8, 4) is 0 Å². The van der Waals surface area contributed by atoms with Crippen LogP contribution in [0, 0.1) is 0 Å². The van der Waals surface area contributed by atoms with Crippen LogP contribution in [0.3, 0.4) is 0 Å². The van der Waals surface area contributed by atoms with Gasteiger partial charge < -0.3 is 0 Å². The molecule has 0 aromatic heterocycles. The van der Waals surface area contributed by atoms with Gasteiger partial charge in [0.2, 0.25) is 0 Å². The minimum atomic E-state index is -0.813. The predicted molar refractivity (Wildman–Crippen MR) is 48.0 cm³/mol. The van der Waals surface area contributed by atoms with Crippen molar-refractivity contribution in [2.24, 2.45) is 0 Å². The van der Waals surface area contributed by atoms with E-state index in [1.807, 2.05) is 0 Å².